The summed E-state index contributed by atoms with van der Waals surface area (Å²) < 4.78 is 34.7. The Bertz CT molecular complexity index is 1270. The number of carbonyl (C=O) groups is 2. The Morgan fingerprint density at radius 2 is 1.65 bits per heavy atom. The van der Waals surface area contributed by atoms with Gasteiger partial charge in [-0.2, -0.15) is 4.72 Å². The van der Waals surface area contributed by atoms with Crippen LogP contribution in [-0.2, 0) is 26.0 Å². The molecule has 0 aliphatic heterocycles. The highest BCUT2D eigenvalue weighted by Crippen LogP contribution is 2.23. The molecule has 0 heterocycles. The lowest BCUT2D eigenvalue weighted by atomic mass is 10.1. The molecule has 3 N–H and O–H groups in total. The van der Waals surface area contributed by atoms with E-state index in [0.29, 0.717) is 22.0 Å². The van der Waals surface area contributed by atoms with Gasteiger partial charge in [0.25, 0.3) is 0 Å². The van der Waals surface area contributed by atoms with Crippen molar-refractivity contribution < 1.29 is 27.9 Å². The molecule has 1 unspecified atom stereocenters. The Labute approximate surface area is 215 Å². The molecule has 1 atom stereocenters. The molecule has 3 aromatic carbocycles. The number of halogens is 2. The Morgan fingerprint density at radius 3 is 2.26 bits per heavy atom. The van der Waals surface area contributed by atoms with Gasteiger partial charge in [-0.15, -0.1) is 0 Å². The van der Waals surface area contributed by atoms with Gasteiger partial charge in [0, 0.05) is 9.26 Å². The molecular weight excluding hydrogens is 595 g/mol. The molecule has 1 amide bonds. The summed E-state index contributed by atoms with van der Waals surface area (Å²) in [4.78, 5) is 23.8. The van der Waals surface area contributed by atoms with Gasteiger partial charge in [0.1, 0.15) is 18.4 Å². The third-order valence-corrected chi connectivity index (χ3v) is 7.08. The van der Waals surface area contributed by atoms with Crippen LogP contribution < -0.4 is 14.8 Å². The minimum atomic E-state index is -4.04. The van der Waals surface area contributed by atoms with Crippen LogP contribution in [0.1, 0.15) is 5.56 Å². The number of anilines is 1. The molecule has 0 aromatic heterocycles. The minimum Gasteiger partial charge on any atom is -0.490 e. The van der Waals surface area contributed by atoms with Crippen LogP contribution in [0.3, 0.4) is 0 Å². The lowest BCUT2D eigenvalue weighted by Gasteiger charge is -2.20. The second-order valence-corrected chi connectivity index (χ2v) is 10.5. The van der Waals surface area contributed by atoms with Crippen molar-refractivity contribution in [2.24, 2.45) is 0 Å². The van der Waals surface area contributed by atoms with Gasteiger partial charge in [-0.05, 0) is 76.7 Å². The number of carboxylic acids is 1. The van der Waals surface area contributed by atoms with Crippen molar-refractivity contribution in [2.75, 3.05) is 11.9 Å². The quantitative estimate of drug-likeness (QED) is 0.298. The summed E-state index contributed by atoms with van der Waals surface area (Å²) in [6.07, 6.45) is -0.154. The first kappa shape index (κ1) is 25.9. The Morgan fingerprint density at radius 1 is 1.00 bits per heavy atom. The SMILES string of the molecule is O=C(O)Cc1ccc(NC(=O)C(COc2ccccc2Cl)NS(=O)(=O)c2ccc(I)cc2)cc1. The summed E-state index contributed by atoms with van der Waals surface area (Å²) >= 11 is 8.17. The first-order chi connectivity index (χ1) is 16.1. The number of carbonyl (C=O) groups excluding carboxylic acids is 1. The number of hydrogen-bond acceptors (Lipinski definition) is 5. The molecule has 0 saturated heterocycles. The van der Waals surface area contributed by atoms with Crippen molar-refractivity contribution in [2.45, 2.75) is 17.4 Å². The maximum Gasteiger partial charge on any atom is 0.307 e. The summed E-state index contributed by atoms with van der Waals surface area (Å²) in [6, 6.07) is 17.7. The molecule has 3 rings (SSSR count). The summed E-state index contributed by atoms with van der Waals surface area (Å²) in [5, 5.41) is 11.8. The van der Waals surface area contributed by atoms with Gasteiger partial charge in [0.2, 0.25) is 15.9 Å². The highest BCUT2D eigenvalue weighted by Gasteiger charge is 2.27. The predicted molar refractivity (Wildman–Crippen MR) is 137 cm³/mol. The predicted octanol–water partition coefficient (Wildman–Crippen LogP) is 3.94. The molecule has 0 bridgehead atoms. The molecule has 0 aliphatic carbocycles. The van der Waals surface area contributed by atoms with Gasteiger partial charge in [0.05, 0.1) is 16.3 Å². The van der Waals surface area contributed by atoms with E-state index in [4.69, 9.17) is 21.4 Å². The van der Waals surface area contributed by atoms with Crippen LogP contribution in [0.5, 0.6) is 5.75 Å². The first-order valence-electron chi connectivity index (χ1n) is 9.91. The number of rotatable bonds is 10. The third-order valence-electron chi connectivity index (χ3n) is 4.56. The Kier molecular flexibility index (Phi) is 8.89. The zero-order valence-corrected chi connectivity index (χ0v) is 21.3. The van der Waals surface area contributed by atoms with Crippen molar-refractivity contribution in [1.82, 2.24) is 4.72 Å². The number of aliphatic carboxylic acids is 1. The van der Waals surface area contributed by atoms with Crippen LogP contribution >= 0.6 is 34.2 Å². The zero-order valence-electron chi connectivity index (χ0n) is 17.6. The standard InChI is InChI=1S/C23H20ClIN2O6S/c24-19-3-1-2-4-21(19)33-14-20(27-34(31,32)18-11-7-16(25)8-12-18)23(30)26-17-9-5-15(6-10-17)13-22(28)29/h1-12,20,27H,13-14H2,(H,26,30)(H,28,29). The average Bonchev–Trinajstić information content (AvgIpc) is 2.78. The third kappa shape index (κ3) is 7.42. The maximum atomic E-state index is 13.0. The number of nitrogens with one attached hydrogen (secondary N) is 2. The van der Waals surface area contributed by atoms with E-state index in [2.05, 4.69) is 32.6 Å². The molecular formula is C23H20ClIN2O6S. The molecule has 3 aromatic rings. The van der Waals surface area contributed by atoms with Gasteiger partial charge in [-0.3, -0.25) is 9.59 Å². The number of sulfonamides is 1. The van der Waals surface area contributed by atoms with E-state index in [9.17, 15) is 18.0 Å². The normalized spacial score (nSPS) is 12.1. The summed E-state index contributed by atoms with van der Waals surface area (Å²) in [6.45, 7) is -0.323. The van der Waals surface area contributed by atoms with Crippen LogP contribution in [0.15, 0.2) is 77.7 Å². The van der Waals surface area contributed by atoms with Gasteiger partial charge >= 0.3 is 5.97 Å². The number of benzene rings is 3. The summed E-state index contributed by atoms with van der Waals surface area (Å²) in [5.74, 6) is -1.33. The minimum absolute atomic E-state index is 0.00137. The van der Waals surface area contributed by atoms with Gasteiger partial charge in [0.15, 0.2) is 0 Å². The fraction of sp³-hybridized carbons (Fsp3) is 0.130. The molecule has 0 spiro atoms. The van der Waals surface area contributed by atoms with E-state index >= 15 is 0 Å². The fourth-order valence-corrected chi connectivity index (χ4v) is 4.61. The summed E-state index contributed by atoms with van der Waals surface area (Å²) in [5.41, 5.74) is 0.929. The lowest BCUT2D eigenvalue weighted by Crippen LogP contribution is -2.47. The van der Waals surface area contributed by atoms with Crippen molar-refractivity contribution in [3.8, 4) is 5.75 Å². The van der Waals surface area contributed by atoms with Crippen LogP contribution in [0.25, 0.3) is 0 Å². The molecule has 0 saturated carbocycles. The molecule has 178 valence electrons. The molecule has 0 fully saturated rings. The average molecular weight is 615 g/mol. The first-order valence-corrected chi connectivity index (χ1v) is 12.8. The topological polar surface area (TPSA) is 122 Å². The summed E-state index contributed by atoms with van der Waals surface area (Å²) in [7, 11) is -4.04. The smallest absolute Gasteiger partial charge is 0.307 e. The van der Waals surface area contributed by atoms with E-state index in [1.807, 2.05) is 0 Å². The lowest BCUT2D eigenvalue weighted by molar-refractivity contribution is -0.136. The van der Waals surface area contributed by atoms with Crippen molar-refractivity contribution >= 4 is 61.8 Å². The van der Waals surface area contributed by atoms with Crippen molar-refractivity contribution in [3.05, 3.63) is 87.0 Å². The van der Waals surface area contributed by atoms with E-state index in [-0.39, 0.29) is 17.9 Å². The zero-order chi connectivity index (χ0) is 24.7. The highest BCUT2D eigenvalue weighted by molar-refractivity contribution is 14.1. The number of hydrogen-bond donors (Lipinski definition) is 3. The maximum absolute atomic E-state index is 13.0. The second-order valence-electron chi connectivity index (χ2n) is 7.13. The number of para-hydroxylation sites is 1. The fourth-order valence-electron chi connectivity index (χ4n) is 2.88. The molecule has 34 heavy (non-hydrogen) atoms. The Balaban J connectivity index is 1.79. The van der Waals surface area contributed by atoms with E-state index in [1.165, 1.54) is 24.3 Å². The molecule has 8 nitrogen and oxygen atoms in total. The largest absolute Gasteiger partial charge is 0.490 e. The second kappa shape index (κ2) is 11.6. The molecule has 0 aliphatic rings. The van der Waals surface area contributed by atoms with Crippen LogP contribution in [-0.4, -0.2) is 38.0 Å². The number of amides is 1. The van der Waals surface area contributed by atoms with Crippen molar-refractivity contribution in [3.63, 3.8) is 0 Å². The van der Waals surface area contributed by atoms with Crippen LogP contribution in [0.2, 0.25) is 5.02 Å². The van der Waals surface area contributed by atoms with Gasteiger partial charge < -0.3 is 15.2 Å². The number of carboxylic acid groups (broad SMARTS) is 1. The van der Waals surface area contributed by atoms with Crippen LogP contribution in [0, 0.1) is 3.57 Å². The number of ether oxygens (including phenoxy) is 1. The van der Waals surface area contributed by atoms with E-state index in [1.54, 1.807) is 48.5 Å². The van der Waals surface area contributed by atoms with Crippen LogP contribution in [0.4, 0.5) is 5.69 Å². The van der Waals surface area contributed by atoms with Gasteiger partial charge in [-0.25, -0.2) is 8.42 Å². The van der Waals surface area contributed by atoms with E-state index in [0.717, 1.165) is 3.57 Å². The monoisotopic (exact) mass is 614 g/mol. The van der Waals surface area contributed by atoms with Crippen molar-refractivity contribution in [1.29, 1.82) is 0 Å². The highest BCUT2D eigenvalue weighted by atomic mass is 127. The Hall–Kier alpha value is -2.67. The molecule has 11 heteroatoms. The van der Waals surface area contributed by atoms with Gasteiger partial charge in [-0.1, -0.05) is 35.9 Å². The molecule has 0 radical (unpaired) electrons. The van der Waals surface area contributed by atoms with E-state index < -0.39 is 27.9 Å².